The Bertz CT molecular complexity index is 623. The minimum atomic E-state index is -0.787. The number of benzene rings is 1. The number of nitrogens with one attached hydrogen (secondary N) is 2. The lowest BCUT2D eigenvalue weighted by atomic mass is 10.2. The van der Waals surface area contributed by atoms with Gasteiger partial charge in [0.25, 0.3) is 5.91 Å². The summed E-state index contributed by atoms with van der Waals surface area (Å²) in [5.74, 6) is -1.77. The lowest BCUT2D eigenvalue weighted by Gasteiger charge is -2.23. The first kappa shape index (κ1) is 19.2. The highest BCUT2D eigenvalue weighted by Gasteiger charge is 2.31. The molecule has 1 atom stereocenters. The van der Waals surface area contributed by atoms with Gasteiger partial charge < -0.3 is 25.0 Å². The fourth-order valence-corrected chi connectivity index (χ4v) is 2.41. The summed E-state index contributed by atoms with van der Waals surface area (Å²) in [7, 11) is 1.50. The van der Waals surface area contributed by atoms with E-state index in [0.717, 1.165) is 0 Å². The van der Waals surface area contributed by atoms with Gasteiger partial charge in [0.15, 0.2) is 0 Å². The maximum absolute atomic E-state index is 12.5. The van der Waals surface area contributed by atoms with E-state index in [0.29, 0.717) is 30.3 Å². The Hall–Kier alpha value is -2.16. The van der Waals surface area contributed by atoms with Crippen molar-refractivity contribution >= 4 is 29.3 Å². The van der Waals surface area contributed by atoms with Crippen molar-refractivity contribution in [3.63, 3.8) is 0 Å². The number of rotatable bonds is 6. The van der Waals surface area contributed by atoms with Crippen molar-refractivity contribution in [1.82, 2.24) is 15.5 Å². The molecule has 0 radical (unpaired) electrons. The van der Waals surface area contributed by atoms with Crippen LogP contribution in [0.15, 0.2) is 24.3 Å². The molecule has 1 aromatic carbocycles. The second-order valence-electron chi connectivity index (χ2n) is 5.29. The fourth-order valence-electron chi connectivity index (χ4n) is 2.29. The Morgan fingerprint density at radius 1 is 1.24 bits per heavy atom. The Morgan fingerprint density at radius 3 is 2.60 bits per heavy atom. The highest BCUT2D eigenvalue weighted by Crippen LogP contribution is 2.16. The largest absolute Gasteiger partial charge is 0.383 e. The highest BCUT2D eigenvalue weighted by atomic mass is 35.5. The summed E-state index contributed by atoms with van der Waals surface area (Å²) in [4.78, 5) is 37.3. The lowest BCUT2D eigenvalue weighted by Crippen LogP contribution is -2.47. The summed E-state index contributed by atoms with van der Waals surface area (Å²) < 4.78 is 10.3. The van der Waals surface area contributed by atoms with Crippen molar-refractivity contribution in [3.05, 3.63) is 34.9 Å². The molecule has 1 aliphatic rings. The highest BCUT2D eigenvalue weighted by molar-refractivity contribution is 6.35. The normalized spacial score (nSPS) is 16.6. The average Bonchev–Trinajstić information content (AvgIpc) is 3.08. The minimum absolute atomic E-state index is 0.0237. The van der Waals surface area contributed by atoms with Gasteiger partial charge in [-0.15, -0.1) is 0 Å². The summed E-state index contributed by atoms with van der Waals surface area (Å²) in [6.45, 7) is 1.34. The number of methoxy groups -OCH3 is 1. The maximum atomic E-state index is 12.5. The van der Waals surface area contributed by atoms with Gasteiger partial charge in [0, 0.05) is 30.8 Å². The molecule has 0 aromatic heterocycles. The number of hydrogen-bond donors (Lipinski definition) is 2. The number of carbonyl (C=O) groups is 3. The van der Waals surface area contributed by atoms with Gasteiger partial charge in [-0.3, -0.25) is 14.4 Å². The summed E-state index contributed by atoms with van der Waals surface area (Å²) in [6.07, 6.45) is -0.626. The molecule has 0 spiro atoms. The molecule has 3 amide bonds. The molecule has 136 valence electrons. The van der Waals surface area contributed by atoms with Crippen LogP contribution in [0.25, 0.3) is 0 Å². The van der Waals surface area contributed by atoms with E-state index in [-0.39, 0.29) is 19.0 Å². The number of halogens is 1. The number of amides is 3. The van der Waals surface area contributed by atoms with Crippen LogP contribution < -0.4 is 10.6 Å². The molecule has 0 bridgehead atoms. The molecule has 1 aliphatic heterocycles. The molecule has 1 saturated heterocycles. The summed E-state index contributed by atoms with van der Waals surface area (Å²) in [5.41, 5.74) is 0.475. The van der Waals surface area contributed by atoms with E-state index in [2.05, 4.69) is 10.6 Å². The minimum Gasteiger partial charge on any atom is -0.383 e. The molecule has 2 N–H and O–H groups in total. The zero-order chi connectivity index (χ0) is 18.2. The topological polar surface area (TPSA) is 97.0 Å². The smallest absolute Gasteiger partial charge is 0.309 e. The predicted octanol–water partition coefficient (Wildman–Crippen LogP) is 0.0173. The van der Waals surface area contributed by atoms with Crippen LogP contribution in [-0.2, 0) is 19.1 Å². The quantitative estimate of drug-likeness (QED) is 0.544. The van der Waals surface area contributed by atoms with E-state index in [1.165, 1.54) is 12.0 Å². The van der Waals surface area contributed by atoms with E-state index in [1.807, 2.05) is 0 Å². The second-order valence-corrected chi connectivity index (χ2v) is 5.73. The first-order valence-electron chi connectivity index (χ1n) is 7.76. The monoisotopic (exact) mass is 369 g/mol. The standard InChI is InChI=1S/C16H20ClN3O5/c1-24-8-6-18-14(21)15(22)19-10-13-20(7-9-25-13)16(23)11-2-4-12(17)5-3-11/h2-5,13H,6-10H2,1H3,(H,18,21)(H,19,22)/t13-/m1/s1. The van der Waals surface area contributed by atoms with Crippen LogP contribution in [0, 0.1) is 0 Å². The van der Waals surface area contributed by atoms with E-state index >= 15 is 0 Å². The van der Waals surface area contributed by atoms with Crippen LogP contribution in [0.1, 0.15) is 10.4 Å². The molecule has 25 heavy (non-hydrogen) atoms. The summed E-state index contributed by atoms with van der Waals surface area (Å²) >= 11 is 5.82. The predicted molar refractivity (Wildman–Crippen MR) is 90.1 cm³/mol. The van der Waals surface area contributed by atoms with Crippen molar-refractivity contribution in [2.75, 3.05) is 40.0 Å². The summed E-state index contributed by atoms with van der Waals surface area (Å²) in [5, 5.41) is 5.42. The maximum Gasteiger partial charge on any atom is 0.309 e. The van der Waals surface area contributed by atoms with Crippen LogP contribution in [0.3, 0.4) is 0 Å². The number of carbonyl (C=O) groups excluding carboxylic acids is 3. The Kier molecular flexibility index (Phi) is 7.17. The van der Waals surface area contributed by atoms with Crippen LogP contribution in [0.2, 0.25) is 5.02 Å². The Labute approximate surface area is 150 Å². The zero-order valence-electron chi connectivity index (χ0n) is 13.8. The molecule has 8 nitrogen and oxygen atoms in total. The fraction of sp³-hybridized carbons (Fsp3) is 0.438. The van der Waals surface area contributed by atoms with E-state index in [9.17, 15) is 14.4 Å². The van der Waals surface area contributed by atoms with Gasteiger partial charge in [0.1, 0.15) is 6.23 Å². The number of nitrogens with zero attached hydrogens (tertiary/aromatic N) is 1. The van der Waals surface area contributed by atoms with Crippen LogP contribution in [0.5, 0.6) is 0 Å². The third-order valence-electron chi connectivity index (χ3n) is 3.58. The van der Waals surface area contributed by atoms with Crippen molar-refractivity contribution in [2.45, 2.75) is 6.23 Å². The Balaban J connectivity index is 1.86. The zero-order valence-corrected chi connectivity index (χ0v) is 14.5. The SMILES string of the molecule is COCCNC(=O)C(=O)NC[C@H]1OCCN1C(=O)c1ccc(Cl)cc1. The van der Waals surface area contributed by atoms with E-state index in [1.54, 1.807) is 24.3 Å². The van der Waals surface area contributed by atoms with Crippen molar-refractivity contribution < 1.29 is 23.9 Å². The van der Waals surface area contributed by atoms with Gasteiger partial charge in [-0.05, 0) is 24.3 Å². The molecule has 1 fully saturated rings. The van der Waals surface area contributed by atoms with E-state index in [4.69, 9.17) is 21.1 Å². The first-order valence-corrected chi connectivity index (χ1v) is 8.14. The Morgan fingerprint density at radius 2 is 1.92 bits per heavy atom. The van der Waals surface area contributed by atoms with Gasteiger partial charge in [0.05, 0.1) is 19.8 Å². The second kappa shape index (κ2) is 9.36. The van der Waals surface area contributed by atoms with Crippen molar-refractivity contribution in [1.29, 1.82) is 0 Å². The van der Waals surface area contributed by atoms with Gasteiger partial charge in [-0.2, -0.15) is 0 Å². The number of hydrogen-bond acceptors (Lipinski definition) is 5. The lowest BCUT2D eigenvalue weighted by molar-refractivity contribution is -0.139. The molecule has 9 heteroatoms. The molecule has 0 unspecified atom stereocenters. The summed E-state index contributed by atoms with van der Waals surface area (Å²) in [6, 6.07) is 6.52. The molecular weight excluding hydrogens is 350 g/mol. The third kappa shape index (κ3) is 5.42. The van der Waals surface area contributed by atoms with Crippen LogP contribution in [0.4, 0.5) is 0 Å². The van der Waals surface area contributed by atoms with Crippen molar-refractivity contribution in [2.24, 2.45) is 0 Å². The molecule has 2 rings (SSSR count). The average molecular weight is 370 g/mol. The van der Waals surface area contributed by atoms with E-state index < -0.39 is 18.0 Å². The first-order chi connectivity index (χ1) is 12.0. The van der Waals surface area contributed by atoms with Crippen molar-refractivity contribution in [3.8, 4) is 0 Å². The molecule has 0 aliphatic carbocycles. The van der Waals surface area contributed by atoms with Gasteiger partial charge in [-0.1, -0.05) is 11.6 Å². The molecular formula is C16H20ClN3O5. The van der Waals surface area contributed by atoms with Gasteiger partial charge in [0.2, 0.25) is 0 Å². The van der Waals surface area contributed by atoms with Gasteiger partial charge >= 0.3 is 11.8 Å². The molecule has 1 heterocycles. The van der Waals surface area contributed by atoms with Crippen LogP contribution in [-0.4, -0.2) is 68.8 Å². The van der Waals surface area contributed by atoms with Gasteiger partial charge in [-0.25, -0.2) is 0 Å². The number of ether oxygens (including phenoxy) is 2. The molecule has 1 aromatic rings. The molecule has 0 saturated carbocycles. The van der Waals surface area contributed by atoms with Crippen LogP contribution >= 0.6 is 11.6 Å². The third-order valence-corrected chi connectivity index (χ3v) is 3.83.